The maximum Gasteiger partial charge on any atom is 0.296 e. The zero-order chi connectivity index (χ0) is 24.9. The average molecular weight is 528 g/mol. The van der Waals surface area contributed by atoms with E-state index in [-0.39, 0.29) is 35.2 Å². The summed E-state index contributed by atoms with van der Waals surface area (Å²) >= 11 is 1.31. The van der Waals surface area contributed by atoms with Gasteiger partial charge in [0.1, 0.15) is 15.6 Å². The number of nitrogens with two attached hydrogens (primary N) is 1. The predicted molar refractivity (Wildman–Crippen MR) is 144 cm³/mol. The number of hydrogen-bond acceptors (Lipinski definition) is 8. The minimum absolute atomic E-state index is 0. The van der Waals surface area contributed by atoms with Crippen LogP contribution in [0.5, 0.6) is 5.75 Å². The molecule has 36 heavy (non-hydrogen) atoms. The molecule has 0 atom stereocenters. The first-order valence-corrected chi connectivity index (χ1v) is 12.8. The number of thiazole rings is 1. The Morgan fingerprint density at radius 1 is 0.972 bits per heavy atom. The van der Waals surface area contributed by atoms with E-state index in [0.29, 0.717) is 37.4 Å². The molecule has 0 saturated heterocycles. The van der Waals surface area contributed by atoms with Gasteiger partial charge in [0.15, 0.2) is 5.75 Å². The summed E-state index contributed by atoms with van der Waals surface area (Å²) in [6, 6.07) is 17.5. The van der Waals surface area contributed by atoms with Gasteiger partial charge in [0.05, 0.1) is 15.9 Å². The van der Waals surface area contributed by atoms with Gasteiger partial charge in [-0.1, -0.05) is 29.8 Å². The van der Waals surface area contributed by atoms with E-state index >= 15 is 0 Å². The fraction of sp³-hybridized carbons (Fsp3) is 0.0800. The van der Waals surface area contributed by atoms with Crippen LogP contribution in [0.2, 0.25) is 0 Å². The second-order valence-electron chi connectivity index (χ2n) is 8.15. The Kier molecular flexibility index (Phi) is 7.20. The van der Waals surface area contributed by atoms with Gasteiger partial charge in [0, 0.05) is 51.6 Å². The Morgan fingerprint density at radius 2 is 1.72 bits per heavy atom. The smallest absolute Gasteiger partial charge is 0.296 e. The van der Waals surface area contributed by atoms with E-state index in [2.05, 4.69) is 15.2 Å². The molecule has 177 valence electrons. The van der Waals surface area contributed by atoms with Gasteiger partial charge < -0.3 is 10.8 Å². The van der Waals surface area contributed by atoms with Crippen LogP contribution in [-0.4, -0.2) is 52.6 Å². The number of rotatable bonds is 4. The van der Waals surface area contributed by atoms with Crippen LogP contribution in [-0.2, 0) is 10.1 Å². The predicted octanol–water partition coefficient (Wildman–Crippen LogP) is 6.30. The Balaban J connectivity index is 0.00000304. The zero-order valence-electron chi connectivity index (χ0n) is 19.7. The molecule has 5 aromatic rings. The molecule has 11 heteroatoms. The molecule has 4 aromatic carbocycles. The summed E-state index contributed by atoms with van der Waals surface area (Å²) in [6.45, 7) is 3.79. The Hall–Kier alpha value is -2.86. The number of hydrogen-bond donors (Lipinski definition) is 3. The van der Waals surface area contributed by atoms with Gasteiger partial charge in [-0.15, -0.1) is 16.5 Å². The molecule has 0 bridgehead atoms. The van der Waals surface area contributed by atoms with Gasteiger partial charge in [-0.3, -0.25) is 4.55 Å². The third-order valence-corrected chi connectivity index (χ3v) is 7.67. The van der Waals surface area contributed by atoms with Gasteiger partial charge in [-0.2, -0.15) is 13.5 Å². The first-order valence-electron chi connectivity index (χ1n) is 10.5. The second kappa shape index (κ2) is 9.89. The van der Waals surface area contributed by atoms with E-state index in [1.165, 1.54) is 17.4 Å². The Labute approximate surface area is 233 Å². The van der Waals surface area contributed by atoms with Crippen LogP contribution in [0.25, 0.3) is 31.6 Å². The molecule has 0 aliphatic carbocycles. The van der Waals surface area contributed by atoms with Crippen molar-refractivity contribution in [3.8, 4) is 16.3 Å². The molecule has 0 unspecified atom stereocenters. The van der Waals surface area contributed by atoms with Crippen molar-refractivity contribution in [1.29, 1.82) is 0 Å². The maximum absolute atomic E-state index is 12.3. The summed E-state index contributed by atoms with van der Waals surface area (Å²) in [4.78, 5) is 4.09. The molecule has 8 nitrogen and oxygen atoms in total. The number of fused-ring (bicyclic) bond motifs is 3. The number of azo groups is 1. The summed E-state index contributed by atoms with van der Waals surface area (Å²) in [5, 5.41) is 20.6. The van der Waals surface area contributed by atoms with Crippen LogP contribution < -0.4 is 5.73 Å². The van der Waals surface area contributed by atoms with E-state index in [9.17, 15) is 18.1 Å². The first-order chi connectivity index (χ1) is 16.6. The second-order valence-corrected chi connectivity index (χ2v) is 10.5. The number of aromatic nitrogens is 1. The van der Waals surface area contributed by atoms with Crippen LogP contribution in [0.3, 0.4) is 0 Å². The van der Waals surface area contributed by atoms with Crippen LogP contribution in [0.1, 0.15) is 11.1 Å². The summed E-state index contributed by atoms with van der Waals surface area (Å²) in [5.41, 5.74) is 10.1. The monoisotopic (exact) mass is 527 g/mol. The number of nitrogen functional groups attached to an aromatic ring is 1. The molecule has 4 N–H and O–H groups in total. The van der Waals surface area contributed by atoms with Gasteiger partial charge in [0.25, 0.3) is 10.1 Å². The quantitative estimate of drug-likeness (QED) is 0.108. The van der Waals surface area contributed by atoms with Crippen LogP contribution in [0.15, 0.2) is 75.8 Å². The Bertz CT molecular complexity index is 1780. The standard InChI is InChI=1S/C25H20N4O4S2.Na/c1-13-7-9-19(14(2)11-13)28-29-22-21(35(31,32)33)12-17-15(23(22)30)8-10-20-24(17)34-25(27-20)16-5-3-4-6-18(16)26;/h3-12,30H,26H2,1-2H3,(H,31,32,33);. The number of nitrogens with zero attached hydrogens (tertiary/aromatic N) is 3. The molecule has 0 spiro atoms. The topological polar surface area (TPSA) is 138 Å². The molecule has 1 heterocycles. The Morgan fingerprint density at radius 3 is 2.42 bits per heavy atom. The molecule has 0 saturated carbocycles. The molecule has 1 aromatic heterocycles. The van der Waals surface area contributed by atoms with Crippen molar-refractivity contribution >= 4 is 89.1 Å². The van der Waals surface area contributed by atoms with Crippen LogP contribution >= 0.6 is 11.3 Å². The number of benzene rings is 4. The largest absolute Gasteiger partial charge is 0.505 e. The summed E-state index contributed by atoms with van der Waals surface area (Å²) in [7, 11) is -4.74. The first kappa shape index (κ1) is 26.2. The summed E-state index contributed by atoms with van der Waals surface area (Å²) in [5.74, 6) is -0.403. The average Bonchev–Trinajstić information content (AvgIpc) is 3.23. The van der Waals surface area contributed by atoms with Gasteiger partial charge in [-0.25, -0.2) is 4.98 Å². The molecule has 0 aliphatic rings. The molecule has 1 radical (unpaired) electrons. The van der Waals surface area contributed by atoms with E-state index in [1.807, 2.05) is 44.2 Å². The van der Waals surface area contributed by atoms with Crippen molar-refractivity contribution < 1.29 is 18.1 Å². The fourth-order valence-corrected chi connectivity index (χ4v) is 5.71. The van der Waals surface area contributed by atoms with Gasteiger partial charge >= 0.3 is 0 Å². The normalized spacial score (nSPS) is 11.9. The van der Waals surface area contributed by atoms with Gasteiger partial charge in [-0.05, 0) is 55.8 Å². The maximum atomic E-state index is 12.3. The van der Waals surface area contributed by atoms with E-state index in [1.54, 1.807) is 24.3 Å². The molecule has 0 fully saturated rings. The van der Waals surface area contributed by atoms with Crippen LogP contribution in [0, 0.1) is 13.8 Å². The number of aromatic hydroxyl groups is 1. The summed E-state index contributed by atoms with van der Waals surface area (Å²) < 4.78 is 35.2. The minimum atomic E-state index is -4.74. The fourth-order valence-electron chi connectivity index (χ4n) is 3.93. The van der Waals surface area contributed by atoms with Crippen LogP contribution in [0.4, 0.5) is 17.1 Å². The molecule has 0 aliphatic heterocycles. The number of aryl methyl sites for hydroxylation is 2. The van der Waals surface area contributed by atoms with E-state index in [4.69, 9.17) is 5.73 Å². The molecular weight excluding hydrogens is 507 g/mol. The van der Waals surface area contributed by atoms with Crippen molar-refractivity contribution in [2.24, 2.45) is 10.2 Å². The third-order valence-electron chi connectivity index (χ3n) is 5.66. The molecule has 5 rings (SSSR count). The SMILES string of the molecule is Cc1ccc(N=Nc2c(S(=O)(=O)O)cc3c(ccc4nc(-c5ccccc5N)sc43)c2O)c(C)c1.[Na]. The van der Waals surface area contributed by atoms with Crippen molar-refractivity contribution in [2.75, 3.05) is 5.73 Å². The third kappa shape index (κ3) is 4.75. The van der Waals surface area contributed by atoms with Crippen molar-refractivity contribution in [1.82, 2.24) is 4.98 Å². The number of phenolic OH excluding ortho intramolecular Hbond substituents is 1. The summed E-state index contributed by atoms with van der Waals surface area (Å²) in [6.07, 6.45) is 0. The van der Waals surface area contributed by atoms with Gasteiger partial charge in [0.2, 0.25) is 0 Å². The zero-order valence-corrected chi connectivity index (χ0v) is 23.4. The van der Waals surface area contributed by atoms with Crippen molar-refractivity contribution in [2.45, 2.75) is 18.7 Å². The van der Waals surface area contributed by atoms with E-state index in [0.717, 1.165) is 16.7 Å². The molecular formula is C25H20N4NaO4S2. The van der Waals surface area contributed by atoms with Crippen molar-refractivity contribution in [3.63, 3.8) is 0 Å². The van der Waals surface area contributed by atoms with E-state index < -0.39 is 20.8 Å². The number of anilines is 1. The van der Waals surface area contributed by atoms with Crippen molar-refractivity contribution in [3.05, 3.63) is 71.8 Å². The molecule has 0 amide bonds. The number of phenols is 1. The number of para-hydroxylation sites is 1. The minimum Gasteiger partial charge on any atom is -0.505 e.